The highest BCUT2D eigenvalue weighted by atomic mass is 16.5. The third kappa shape index (κ3) is 3.70. The van der Waals surface area contributed by atoms with Crippen molar-refractivity contribution in [2.24, 2.45) is 0 Å². The zero-order valence-electron chi connectivity index (χ0n) is 11.6. The van der Waals surface area contributed by atoms with E-state index in [4.69, 9.17) is 9.84 Å². The number of carboxylic acid groups (broad SMARTS) is 1. The molecule has 0 atom stereocenters. The third-order valence-electron chi connectivity index (χ3n) is 3.48. The molecule has 4 nitrogen and oxygen atoms in total. The van der Waals surface area contributed by atoms with Crippen LogP contribution in [0.4, 0.5) is 0 Å². The number of aliphatic carboxylic acids is 1. The number of hydrogen-bond donors (Lipinski definition) is 1. The van der Waals surface area contributed by atoms with Gasteiger partial charge in [0.25, 0.3) is 0 Å². The first-order valence-corrected chi connectivity index (χ1v) is 6.76. The van der Waals surface area contributed by atoms with Crippen molar-refractivity contribution in [2.45, 2.75) is 39.3 Å². The number of carboxylic acids is 1. The zero-order chi connectivity index (χ0) is 13.8. The maximum absolute atomic E-state index is 10.7. The molecule has 2 rings (SSSR count). The Morgan fingerprint density at radius 3 is 2.95 bits per heavy atom. The van der Waals surface area contributed by atoms with Crippen LogP contribution in [0.15, 0.2) is 18.2 Å². The maximum Gasteiger partial charge on any atom is 0.304 e. The van der Waals surface area contributed by atoms with E-state index in [2.05, 4.69) is 30.9 Å². The van der Waals surface area contributed by atoms with E-state index < -0.39 is 5.97 Å². The molecule has 0 unspecified atom stereocenters. The van der Waals surface area contributed by atoms with Crippen molar-refractivity contribution in [1.82, 2.24) is 4.90 Å². The minimum absolute atomic E-state index is 0.187. The largest absolute Gasteiger partial charge is 0.493 e. The SMILES string of the molecule is CC(C)N(CCC(=O)O)Cc1ccc2c(c1)CCO2. The molecule has 1 aliphatic heterocycles. The Kier molecular flexibility index (Phi) is 4.43. The first kappa shape index (κ1) is 13.9. The van der Waals surface area contributed by atoms with Gasteiger partial charge < -0.3 is 9.84 Å². The van der Waals surface area contributed by atoms with Crippen LogP contribution in [0, 0.1) is 0 Å². The molecule has 0 aliphatic carbocycles. The highest BCUT2D eigenvalue weighted by molar-refractivity contribution is 5.66. The van der Waals surface area contributed by atoms with Crippen LogP contribution >= 0.6 is 0 Å². The molecule has 0 spiro atoms. The Labute approximate surface area is 114 Å². The van der Waals surface area contributed by atoms with Crippen LogP contribution in [0.3, 0.4) is 0 Å². The lowest BCUT2D eigenvalue weighted by atomic mass is 10.1. The van der Waals surface area contributed by atoms with Crippen LogP contribution in [0.25, 0.3) is 0 Å². The van der Waals surface area contributed by atoms with E-state index >= 15 is 0 Å². The van der Waals surface area contributed by atoms with Crippen molar-refractivity contribution < 1.29 is 14.6 Å². The Hall–Kier alpha value is -1.55. The number of nitrogens with zero attached hydrogens (tertiary/aromatic N) is 1. The molecule has 0 saturated carbocycles. The van der Waals surface area contributed by atoms with Gasteiger partial charge in [0.05, 0.1) is 13.0 Å². The highest BCUT2D eigenvalue weighted by Crippen LogP contribution is 2.26. The van der Waals surface area contributed by atoms with Gasteiger partial charge >= 0.3 is 5.97 Å². The van der Waals surface area contributed by atoms with Gasteiger partial charge in [0.2, 0.25) is 0 Å². The van der Waals surface area contributed by atoms with Crippen molar-refractivity contribution in [3.05, 3.63) is 29.3 Å². The summed E-state index contributed by atoms with van der Waals surface area (Å²) in [6.45, 7) is 6.33. The summed E-state index contributed by atoms with van der Waals surface area (Å²) in [7, 11) is 0. The van der Waals surface area contributed by atoms with Gasteiger partial charge in [-0.2, -0.15) is 0 Å². The van der Waals surface area contributed by atoms with Gasteiger partial charge in [0.15, 0.2) is 0 Å². The minimum Gasteiger partial charge on any atom is -0.493 e. The molecule has 1 heterocycles. The summed E-state index contributed by atoms with van der Waals surface area (Å²) >= 11 is 0. The maximum atomic E-state index is 10.7. The molecule has 0 fully saturated rings. The molecule has 4 heteroatoms. The minimum atomic E-state index is -0.743. The van der Waals surface area contributed by atoms with E-state index in [9.17, 15) is 4.79 Å². The molecule has 1 aromatic carbocycles. The molecular formula is C15H21NO3. The second-order valence-corrected chi connectivity index (χ2v) is 5.25. The van der Waals surface area contributed by atoms with Crippen molar-refractivity contribution in [2.75, 3.05) is 13.2 Å². The number of rotatable bonds is 6. The summed E-state index contributed by atoms with van der Waals surface area (Å²) in [6.07, 6.45) is 1.16. The van der Waals surface area contributed by atoms with Gasteiger partial charge in [0.1, 0.15) is 5.75 Å². The van der Waals surface area contributed by atoms with Crippen LogP contribution in [0.5, 0.6) is 5.75 Å². The Bertz CT molecular complexity index is 457. The van der Waals surface area contributed by atoms with E-state index in [0.29, 0.717) is 12.6 Å². The molecule has 0 bridgehead atoms. The molecule has 1 N–H and O–H groups in total. The van der Waals surface area contributed by atoms with Gasteiger partial charge in [-0.15, -0.1) is 0 Å². The average molecular weight is 263 g/mol. The summed E-state index contributed by atoms with van der Waals surface area (Å²) < 4.78 is 5.49. The van der Waals surface area contributed by atoms with Gasteiger partial charge in [-0.05, 0) is 31.0 Å². The smallest absolute Gasteiger partial charge is 0.304 e. The first-order chi connectivity index (χ1) is 9.06. The zero-order valence-corrected chi connectivity index (χ0v) is 11.6. The second-order valence-electron chi connectivity index (χ2n) is 5.25. The molecule has 19 heavy (non-hydrogen) atoms. The van der Waals surface area contributed by atoms with Crippen molar-refractivity contribution in [3.63, 3.8) is 0 Å². The fourth-order valence-corrected chi connectivity index (χ4v) is 2.33. The van der Waals surface area contributed by atoms with Gasteiger partial charge in [-0.1, -0.05) is 12.1 Å². The Morgan fingerprint density at radius 2 is 2.26 bits per heavy atom. The summed E-state index contributed by atoms with van der Waals surface area (Å²) in [5, 5.41) is 8.79. The summed E-state index contributed by atoms with van der Waals surface area (Å²) in [4.78, 5) is 12.9. The number of benzene rings is 1. The van der Waals surface area contributed by atoms with Crippen molar-refractivity contribution >= 4 is 5.97 Å². The topological polar surface area (TPSA) is 49.8 Å². The standard InChI is InChI=1S/C15H21NO3/c1-11(2)16(7-5-15(17)18)10-12-3-4-14-13(9-12)6-8-19-14/h3-4,9,11H,5-8,10H2,1-2H3,(H,17,18). The third-order valence-corrected chi connectivity index (χ3v) is 3.48. The van der Waals surface area contributed by atoms with Crippen LogP contribution in [-0.2, 0) is 17.8 Å². The summed E-state index contributed by atoms with van der Waals surface area (Å²) in [5.41, 5.74) is 2.49. The predicted molar refractivity (Wildman–Crippen MR) is 73.4 cm³/mol. The molecule has 0 amide bonds. The van der Waals surface area contributed by atoms with Gasteiger partial charge in [0, 0.05) is 25.6 Å². The lowest BCUT2D eigenvalue weighted by Gasteiger charge is -2.26. The van der Waals surface area contributed by atoms with Crippen LogP contribution < -0.4 is 4.74 Å². The second kappa shape index (κ2) is 6.06. The van der Waals surface area contributed by atoms with E-state index in [1.165, 1.54) is 11.1 Å². The highest BCUT2D eigenvalue weighted by Gasteiger charge is 2.15. The quantitative estimate of drug-likeness (QED) is 0.855. The fourth-order valence-electron chi connectivity index (χ4n) is 2.33. The Balaban J connectivity index is 2.02. The van der Waals surface area contributed by atoms with E-state index in [1.807, 2.05) is 6.07 Å². The molecule has 0 saturated heterocycles. The lowest BCUT2D eigenvalue weighted by molar-refractivity contribution is -0.137. The number of carbonyl (C=O) groups is 1. The van der Waals surface area contributed by atoms with Crippen LogP contribution in [0.1, 0.15) is 31.4 Å². The first-order valence-electron chi connectivity index (χ1n) is 6.76. The van der Waals surface area contributed by atoms with Crippen LogP contribution in [-0.4, -0.2) is 35.2 Å². The van der Waals surface area contributed by atoms with Crippen molar-refractivity contribution in [1.29, 1.82) is 0 Å². The molecule has 104 valence electrons. The van der Waals surface area contributed by atoms with E-state index in [1.54, 1.807) is 0 Å². The predicted octanol–water partition coefficient (Wildman–Crippen LogP) is 2.31. The van der Waals surface area contributed by atoms with E-state index in [-0.39, 0.29) is 6.42 Å². The molecule has 0 radical (unpaired) electrons. The van der Waals surface area contributed by atoms with Gasteiger partial charge in [-0.25, -0.2) is 0 Å². The normalized spacial score (nSPS) is 13.7. The monoisotopic (exact) mass is 263 g/mol. The summed E-state index contributed by atoms with van der Waals surface area (Å²) in [5.74, 6) is 0.249. The Morgan fingerprint density at radius 1 is 1.47 bits per heavy atom. The molecule has 0 aromatic heterocycles. The average Bonchev–Trinajstić information content (AvgIpc) is 2.81. The van der Waals surface area contributed by atoms with Crippen LogP contribution in [0.2, 0.25) is 0 Å². The number of ether oxygens (including phenoxy) is 1. The number of fused-ring (bicyclic) bond motifs is 1. The molecule has 1 aromatic rings. The summed E-state index contributed by atoms with van der Waals surface area (Å²) in [6, 6.07) is 6.61. The molecular weight excluding hydrogens is 242 g/mol. The van der Waals surface area contributed by atoms with E-state index in [0.717, 1.165) is 25.3 Å². The molecule has 1 aliphatic rings. The fraction of sp³-hybridized carbons (Fsp3) is 0.533. The van der Waals surface area contributed by atoms with Crippen molar-refractivity contribution in [3.8, 4) is 5.75 Å². The van der Waals surface area contributed by atoms with Gasteiger partial charge in [-0.3, -0.25) is 9.69 Å². The lowest BCUT2D eigenvalue weighted by Crippen LogP contribution is -2.32. The number of hydrogen-bond acceptors (Lipinski definition) is 3.